The Morgan fingerprint density at radius 3 is 2.37 bits per heavy atom. The van der Waals surface area contributed by atoms with Gasteiger partial charge in [0, 0.05) is 12.0 Å². The zero-order valence-electron chi connectivity index (χ0n) is 17.0. The Kier molecular flexibility index (Phi) is 6.62. The van der Waals surface area contributed by atoms with Gasteiger partial charge >= 0.3 is 0 Å². The van der Waals surface area contributed by atoms with Gasteiger partial charge in [-0.2, -0.15) is 0 Å². The molecule has 0 radical (unpaired) electrons. The van der Waals surface area contributed by atoms with Crippen molar-refractivity contribution in [3.05, 3.63) is 101 Å². The Balaban J connectivity index is 1.27. The average Bonchev–Trinajstić information content (AvgIpc) is 2.79. The van der Waals surface area contributed by atoms with Crippen LogP contribution in [0.25, 0.3) is 0 Å². The summed E-state index contributed by atoms with van der Waals surface area (Å²) in [6, 6.07) is 26.7. The van der Waals surface area contributed by atoms with Gasteiger partial charge in [0.2, 0.25) is 0 Å². The van der Waals surface area contributed by atoms with Crippen molar-refractivity contribution in [3.8, 4) is 5.75 Å². The van der Waals surface area contributed by atoms with Crippen molar-refractivity contribution in [3.63, 3.8) is 0 Å². The average molecular weight is 402 g/mol. The van der Waals surface area contributed by atoms with Crippen molar-refractivity contribution in [2.45, 2.75) is 32.2 Å². The van der Waals surface area contributed by atoms with Gasteiger partial charge in [0.1, 0.15) is 5.75 Å². The molecule has 0 saturated carbocycles. The Morgan fingerprint density at radius 2 is 1.57 bits per heavy atom. The zero-order valence-corrected chi connectivity index (χ0v) is 17.0. The molecule has 154 valence electrons. The number of nitrogens with zero attached hydrogens (tertiary/aromatic N) is 1. The lowest BCUT2D eigenvalue weighted by molar-refractivity contribution is 0.107. The standard InChI is InChI=1S/C25H27N3O2/c26-25(28-23-14-15-30-24-9-5-4-8-22(23)24)27-16-19-10-12-21(13-11-19)18-29-17-20-6-2-1-3-7-20/h1-13,23H,14-18H2,(H3,26,27,28). The molecule has 1 aliphatic rings. The molecule has 0 aromatic heterocycles. The lowest BCUT2D eigenvalue weighted by Gasteiger charge is -2.26. The SMILES string of the molecule is NC(=NCc1ccc(COCc2ccccc2)cc1)NC1CCOc2ccccc21. The highest BCUT2D eigenvalue weighted by Gasteiger charge is 2.21. The molecule has 5 heteroatoms. The minimum absolute atomic E-state index is 0.128. The third-order valence-electron chi connectivity index (χ3n) is 5.12. The quantitative estimate of drug-likeness (QED) is 0.457. The van der Waals surface area contributed by atoms with E-state index in [-0.39, 0.29) is 6.04 Å². The highest BCUT2D eigenvalue weighted by molar-refractivity contribution is 5.78. The predicted octanol–water partition coefficient (Wildman–Crippen LogP) is 4.33. The summed E-state index contributed by atoms with van der Waals surface area (Å²) in [6.45, 7) is 2.42. The topological polar surface area (TPSA) is 68.9 Å². The lowest BCUT2D eigenvalue weighted by atomic mass is 10.0. The second-order valence-corrected chi connectivity index (χ2v) is 7.37. The van der Waals surface area contributed by atoms with Crippen LogP contribution in [0.4, 0.5) is 0 Å². The van der Waals surface area contributed by atoms with Gasteiger partial charge in [-0.3, -0.25) is 0 Å². The van der Waals surface area contributed by atoms with Gasteiger partial charge in [-0.05, 0) is 22.8 Å². The molecule has 0 spiro atoms. The molecule has 0 bridgehead atoms. The van der Waals surface area contributed by atoms with Crippen molar-refractivity contribution < 1.29 is 9.47 Å². The molecule has 0 saturated heterocycles. The van der Waals surface area contributed by atoms with Gasteiger partial charge in [-0.15, -0.1) is 0 Å². The van der Waals surface area contributed by atoms with Crippen LogP contribution in [0.5, 0.6) is 5.75 Å². The highest BCUT2D eigenvalue weighted by atomic mass is 16.5. The number of guanidine groups is 1. The van der Waals surface area contributed by atoms with E-state index in [0.717, 1.165) is 28.9 Å². The van der Waals surface area contributed by atoms with E-state index in [9.17, 15) is 0 Å². The monoisotopic (exact) mass is 401 g/mol. The third kappa shape index (κ3) is 5.39. The van der Waals surface area contributed by atoms with Gasteiger partial charge in [0.15, 0.2) is 5.96 Å². The highest BCUT2D eigenvalue weighted by Crippen LogP contribution is 2.31. The summed E-state index contributed by atoms with van der Waals surface area (Å²) in [4.78, 5) is 4.50. The molecular weight excluding hydrogens is 374 g/mol. The van der Waals surface area contributed by atoms with Gasteiger partial charge in [-0.1, -0.05) is 72.8 Å². The molecule has 0 fully saturated rings. The molecule has 3 aromatic rings. The number of nitrogens with two attached hydrogens (primary N) is 1. The van der Waals surface area contributed by atoms with E-state index in [2.05, 4.69) is 52.8 Å². The number of nitrogens with one attached hydrogen (secondary N) is 1. The number of fused-ring (bicyclic) bond motifs is 1. The fraction of sp³-hybridized carbons (Fsp3) is 0.240. The van der Waals surface area contributed by atoms with E-state index < -0.39 is 0 Å². The Hall–Kier alpha value is -3.31. The van der Waals surface area contributed by atoms with Gasteiger partial charge in [0.25, 0.3) is 0 Å². The summed E-state index contributed by atoms with van der Waals surface area (Å²) < 4.78 is 11.5. The van der Waals surface area contributed by atoms with Crippen molar-refractivity contribution in [2.24, 2.45) is 10.7 Å². The number of ether oxygens (including phenoxy) is 2. The number of aliphatic imine (C=N–C) groups is 1. The molecule has 1 aliphatic heterocycles. The Labute approximate surface area is 177 Å². The van der Waals surface area contributed by atoms with Gasteiger partial charge in [0.05, 0.1) is 32.4 Å². The van der Waals surface area contributed by atoms with Crippen molar-refractivity contribution in [1.82, 2.24) is 5.32 Å². The summed E-state index contributed by atoms with van der Waals surface area (Å²) in [5.74, 6) is 1.37. The van der Waals surface area contributed by atoms with Crippen LogP contribution in [0.1, 0.15) is 34.7 Å². The van der Waals surface area contributed by atoms with Gasteiger partial charge in [-0.25, -0.2) is 4.99 Å². The summed E-state index contributed by atoms with van der Waals surface area (Å²) in [6.07, 6.45) is 0.866. The molecule has 3 aromatic carbocycles. The first kappa shape index (κ1) is 20.0. The minimum Gasteiger partial charge on any atom is -0.493 e. The predicted molar refractivity (Wildman–Crippen MR) is 119 cm³/mol. The van der Waals surface area contributed by atoms with Crippen molar-refractivity contribution in [1.29, 1.82) is 0 Å². The van der Waals surface area contributed by atoms with Crippen LogP contribution in [0, 0.1) is 0 Å². The van der Waals surface area contributed by atoms with Crippen molar-refractivity contribution >= 4 is 5.96 Å². The van der Waals surface area contributed by atoms with Crippen LogP contribution in [0.15, 0.2) is 83.9 Å². The second kappa shape index (κ2) is 9.94. The molecule has 30 heavy (non-hydrogen) atoms. The lowest BCUT2D eigenvalue weighted by Crippen LogP contribution is -2.37. The summed E-state index contributed by atoms with van der Waals surface area (Å²) >= 11 is 0. The zero-order chi connectivity index (χ0) is 20.6. The molecule has 5 nitrogen and oxygen atoms in total. The first-order chi connectivity index (χ1) is 14.8. The first-order valence-electron chi connectivity index (χ1n) is 10.3. The minimum atomic E-state index is 0.128. The van der Waals surface area contributed by atoms with Crippen LogP contribution in [0.2, 0.25) is 0 Å². The number of para-hydroxylation sites is 1. The largest absolute Gasteiger partial charge is 0.493 e. The smallest absolute Gasteiger partial charge is 0.189 e. The van der Waals surface area contributed by atoms with E-state index in [0.29, 0.717) is 32.3 Å². The van der Waals surface area contributed by atoms with Crippen molar-refractivity contribution in [2.75, 3.05) is 6.61 Å². The van der Waals surface area contributed by atoms with Crippen LogP contribution in [0.3, 0.4) is 0 Å². The maximum absolute atomic E-state index is 6.14. The van der Waals surface area contributed by atoms with Crippen LogP contribution in [-0.4, -0.2) is 12.6 Å². The van der Waals surface area contributed by atoms with E-state index in [1.807, 2.05) is 36.4 Å². The molecular formula is C25H27N3O2. The van der Waals surface area contributed by atoms with Gasteiger partial charge < -0.3 is 20.5 Å². The summed E-state index contributed by atoms with van der Waals surface area (Å²) in [7, 11) is 0. The van der Waals surface area contributed by atoms with E-state index in [1.165, 1.54) is 5.56 Å². The number of benzene rings is 3. The molecule has 4 rings (SSSR count). The normalized spacial score (nSPS) is 15.9. The Morgan fingerprint density at radius 1 is 0.900 bits per heavy atom. The fourth-order valence-electron chi connectivity index (χ4n) is 3.49. The maximum Gasteiger partial charge on any atom is 0.189 e. The molecule has 1 heterocycles. The molecule has 1 unspecified atom stereocenters. The fourth-order valence-corrected chi connectivity index (χ4v) is 3.49. The van der Waals surface area contributed by atoms with Crippen LogP contribution >= 0.6 is 0 Å². The number of hydrogen-bond donors (Lipinski definition) is 2. The molecule has 0 amide bonds. The van der Waals surface area contributed by atoms with Crippen LogP contribution in [-0.2, 0) is 24.5 Å². The second-order valence-electron chi connectivity index (χ2n) is 7.37. The van der Waals surface area contributed by atoms with E-state index in [1.54, 1.807) is 0 Å². The molecule has 1 atom stereocenters. The maximum atomic E-state index is 6.14. The van der Waals surface area contributed by atoms with Crippen LogP contribution < -0.4 is 15.8 Å². The third-order valence-corrected chi connectivity index (χ3v) is 5.12. The Bertz CT molecular complexity index is 971. The van der Waals surface area contributed by atoms with E-state index in [4.69, 9.17) is 15.2 Å². The molecule has 0 aliphatic carbocycles. The summed E-state index contributed by atoms with van der Waals surface area (Å²) in [5, 5.41) is 3.33. The number of rotatable bonds is 7. The summed E-state index contributed by atoms with van der Waals surface area (Å²) in [5.41, 5.74) is 10.7. The molecule has 3 N–H and O–H groups in total. The first-order valence-corrected chi connectivity index (χ1v) is 10.3. The van der Waals surface area contributed by atoms with E-state index >= 15 is 0 Å². The number of hydrogen-bond acceptors (Lipinski definition) is 3.